The molecule has 0 aliphatic carbocycles. The van der Waals surface area contributed by atoms with Crippen LogP contribution in [0.15, 0.2) is 36.5 Å². The molecule has 0 bridgehead atoms. The van der Waals surface area contributed by atoms with Gasteiger partial charge in [0.25, 0.3) is 0 Å². The fraction of sp³-hybridized carbons (Fsp3) is 0.423. The summed E-state index contributed by atoms with van der Waals surface area (Å²) in [5.41, 5.74) is 9.03. The quantitative estimate of drug-likeness (QED) is 0.506. The van der Waals surface area contributed by atoms with Crippen LogP contribution in [0.25, 0.3) is 10.9 Å². The van der Waals surface area contributed by atoms with Crippen LogP contribution in [0, 0.1) is 11.7 Å². The summed E-state index contributed by atoms with van der Waals surface area (Å²) in [4.78, 5) is 17.7. The maximum Gasteiger partial charge on any atom is 0.249 e. The van der Waals surface area contributed by atoms with Crippen molar-refractivity contribution in [1.82, 2.24) is 9.88 Å². The largest absolute Gasteiger partial charge is 0.493 e. The molecule has 0 unspecified atom stereocenters. The number of carbonyl (C=O) groups excluding carboxylic acids is 1. The second-order valence-corrected chi connectivity index (χ2v) is 9.15. The predicted octanol–water partition coefficient (Wildman–Crippen LogP) is 4.31. The number of amides is 1. The van der Waals surface area contributed by atoms with E-state index in [-0.39, 0.29) is 11.9 Å². The average Bonchev–Trinajstić information content (AvgIpc) is 3.18. The summed E-state index contributed by atoms with van der Waals surface area (Å²) in [6.45, 7) is 6.72. The number of hydrogen-bond acceptors (Lipinski definition) is 4. The van der Waals surface area contributed by atoms with Crippen molar-refractivity contribution in [3.8, 4) is 11.5 Å². The van der Waals surface area contributed by atoms with Gasteiger partial charge in [-0.15, -0.1) is 0 Å². The topological polar surface area (TPSA) is 80.6 Å². The number of carbonyl (C=O) groups is 1. The Bertz CT molecular complexity index is 1140. The Hall–Kier alpha value is -3.06. The van der Waals surface area contributed by atoms with Crippen molar-refractivity contribution in [3.05, 3.63) is 59.0 Å². The summed E-state index contributed by atoms with van der Waals surface area (Å²) < 4.78 is 25.3. The Kier molecular flexibility index (Phi) is 6.88. The highest BCUT2D eigenvalue weighted by atomic mass is 19.1. The number of primary amides is 1. The van der Waals surface area contributed by atoms with Crippen molar-refractivity contribution in [2.45, 2.75) is 39.2 Å². The van der Waals surface area contributed by atoms with Crippen LogP contribution in [-0.2, 0) is 12.8 Å². The van der Waals surface area contributed by atoms with Gasteiger partial charge in [0.2, 0.25) is 5.91 Å². The van der Waals surface area contributed by atoms with Gasteiger partial charge in [-0.2, -0.15) is 0 Å². The molecule has 4 rings (SSSR count). The van der Waals surface area contributed by atoms with E-state index in [1.54, 1.807) is 31.4 Å². The second-order valence-electron chi connectivity index (χ2n) is 9.15. The van der Waals surface area contributed by atoms with Gasteiger partial charge >= 0.3 is 0 Å². The molecule has 0 spiro atoms. The number of nitrogens with two attached hydrogens (primary N) is 1. The van der Waals surface area contributed by atoms with Crippen molar-refractivity contribution >= 4 is 16.8 Å². The zero-order valence-corrected chi connectivity index (χ0v) is 19.5. The minimum Gasteiger partial charge on any atom is -0.493 e. The van der Waals surface area contributed by atoms with Gasteiger partial charge in [0.1, 0.15) is 12.4 Å². The molecule has 1 aromatic heterocycles. The van der Waals surface area contributed by atoms with E-state index in [0.717, 1.165) is 48.0 Å². The number of H-pyrrole nitrogens is 1. The summed E-state index contributed by atoms with van der Waals surface area (Å²) in [5, 5.41) is 0.943. The fourth-order valence-electron chi connectivity index (χ4n) is 4.79. The Morgan fingerprint density at radius 2 is 2.15 bits per heavy atom. The molecule has 0 saturated heterocycles. The maximum absolute atomic E-state index is 13.7. The highest BCUT2D eigenvalue weighted by Gasteiger charge is 2.30. The highest BCUT2D eigenvalue weighted by Crippen LogP contribution is 2.38. The van der Waals surface area contributed by atoms with E-state index >= 15 is 0 Å². The molecule has 6 nitrogen and oxygen atoms in total. The number of fused-ring (bicyclic) bond motifs is 2. The van der Waals surface area contributed by atoms with Gasteiger partial charge in [0, 0.05) is 40.8 Å². The first kappa shape index (κ1) is 23.1. The van der Waals surface area contributed by atoms with Crippen LogP contribution >= 0.6 is 0 Å². The third-order valence-electron chi connectivity index (χ3n) is 6.31. The number of aromatic nitrogens is 1. The molecule has 33 heavy (non-hydrogen) atoms. The lowest BCUT2D eigenvalue weighted by atomic mass is 9.94. The van der Waals surface area contributed by atoms with E-state index in [9.17, 15) is 9.18 Å². The number of halogens is 1. The van der Waals surface area contributed by atoms with E-state index in [0.29, 0.717) is 36.0 Å². The SMILES string of the molecule is COc1ccc(C(N)=O)c2c1OC[C@H](N(CCCc1c[nH]c3ccc(F)cc13)CC(C)C)C2. The predicted molar refractivity (Wildman–Crippen MR) is 127 cm³/mol. The molecular formula is C26H32FN3O3. The Labute approximate surface area is 193 Å². The fourth-order valence-corrected chi connectivity index (χ4v) is 4.79. The number of nitrogens with one attached hydrogen (secondary N) is 1. The van der Waals surface area contributed by atoms with Crippen molar-refractivity contribution < 1.29 is 18.7 Å². The number of rotatable bonds is 9. The van der Waals surface area contributed by atoms with Gasteiger partial charge in [0.05, 0.1) is 7.11 Å². The van der Waals surface area contributed by atoms with E-state index in [4.69, 9.17) is 15.2 Å². The van der Waals surface area contributed by atoms with E-state index in [1.807, 2.05) is 6.20 Å². The summed E-state index contributed by atoms with van der Waals surface area (Å²) >= 11 is 0. The maximum atomic E-state index is 13.7. The molecule has 2 aromatic carbocycles. The molecule has 1 atom stereocenters. The van der Waals surface area contributed by atoms with Crippen molar-refractivity contribution in [1.29, 1.82) is 0 Å². The summed E-state index contributed by atoms with van der Waals surface area (Å²) in [6.07, 6.45) is 4.43. The summed E-state index contributed by atoms with van der Waals surface area (Å²) in [7, 11) is 1.59. The molecule has 0 fully saturated rings. The first-order valence-corrected chi connectivity index (χ1v) is 11.5. The number of aryl methyl sites for hydroxylation is 1. The van der Waals surface area contributed by atoms with Crippen molar-refractivity contribution in [3.63, 3.8) is 0 Å². The molecule has 3 N–H and O–H groups in total. The minimum absolute atomic E-state index is 0.130. The normalized spacial score (nSPS) is 15.6. The molecular weight excluding hydrogens is 421 g/mol. The zero-order valence-electron chi connectivity index (χ0n) is 19.5. The lowest BCUT2D eigenvalue weighted by Crippen LogP contribution is -2.46. The third-order valence-corrected chi connectivity index (χ3v) is 6.31. The van der Waals surface area contributed by atoms with Crippen LogP contribution in [-0.4, -0.2) is 48.6 Å². The van der Waals surface area contributed by atoms with Gasteiger partial charge < -0.3 is 20.2 Å². The molecule has 1 aliphatic heterocycles. The first-order valence-electron chi connectivity index (χ1n) is 11.5. The third kappa shape index (κ3) is 4.98. The van der Waals surface area contributed by atoms with Gasteiger partial charge in [-0.25, -0.2) is 4.39 Å². The van der Waals surface area contributed by atoms with Crippen LogP contribution in [0.1, 0.15) is 41.8 Å². The smallest absolute Gasteiger partial charge is 0.249 e. The van der Waals surface area contributed by atoms with Crippen LogP contribution in [0.4, 0.5) is 4.39 Å². The van der Waals surface area contributed by atoms with E-state index < -0.39 is 5.91 Å². The Balaban J connectivity index is 1.50. The standard InChI is InChI=1S/C26H32FN3O3/c1-16(2)14-30(10-4-5-17-13-29-23-8-6-18(27)11-21(17)23)19-12-22-20(26(28)31)7-9-24(32-3)25(22)33-15-19/h6-9,11,13,16,19,29H,4-5,10,12,14-15H2,1-3H3,(H2,28,31)/t19-/m1/s1. The van der Waals surface area contributed by atoms with Gasteiger partial charge in [0.15, 0.2) is 11.5 Å². The van der Waals surface area contributed by atoms with Crippen LogP contribution in [0.2, 0.25) is 0 Å². The summed E-state index contributed by atoms with van der Waals surface area (Å²) in [6, 6.07) is 8.43. The lowest BCUT2D eigenvalue weighted by molar-refractivity contribution is 0.0969. The Morgan fingerprint density at radius 1 is 1.33 bits per heavy atom. The number of methoxy groups -OCH3 is 1. The molecule has 3 aromatic rings. The molecule has 0 saturated carbocycles. The van der Waals surface area contributed by atoms with E-state index in [1.165, 1.54) is 6.07 Å². The van der Waals surface area contributed by atoms with Crippen molar-refractivity contribution in [2.75, 3.05) is 26.8 Å². The van der Waals surface area contributed by atoms with Gasteiger partial charge in [-0.3, -0.25) is 9.69 Å². The number of aromatic amines is 1. The van der Waals surface area contributed by atoms with E-state index in [2.05, 4.69) is 23.7 Å². The first-order chi connectivity index (χ1) is 15.9. The molecule has 0 radical (unpaired) electrons. The number of hydrogen-bond donors (Lipinski definition) is 2. The Morgan fingerprint density at radius 3 is 2.88 bits per heavy atom. The number of ether oxygens (including phenoxy) is 2. The lowest BCUT2D eigenvalue weighted by Gasteiger charge is -2.37. The average molecular weight is 454 g/mol. The zero-order chi connectivity index (χ0) is 23.5. The number of benzene rings is 2. The minimum atomic E-state index is -0.458. The molecule has 1 aliphatic rings. The van der Waals surface area contributed by atoms with Crippen LogP contribution < -0.4 is 15.2 Å². The summed E-state index contributed by atoms with van der Waals surface area (Å²) in [5.74, 6) is 1.05. The molecule has 2 heterocycles. The van der Waals surface area contributed by atoms with Crippen LogP contribution in [0.3, 0.4) is 0 Å². The number of nitrogens with zero attached hydrogens (tertiary/aromatic N) is 1. The van der Waals surface area contributed by atoms with Gasteiger partial charge in [-0.1, -0.05) is 13.8 Å². The monoisotopic (exact) mass is 453 g/mol. The molecule has 176 valence electrons. The molecule has 7 heteroatoms. The van der Waals surface area contributed by atoms with Crippen LogP contribution in [0.5, 0.6) is 11.5 Å². The highest BCUT2D eigenvalue weighted by molar-refractivity contribution is 5.95. The second kappa shape index (κ2) is 9.83. The molecule has 1 amide bonds. The van der Waals surface area contributed by atoms with Crippen molar-refractivity contribution in [2.24, 2.45) is 11.7 Å². The van der Waals surface area contributed by atoms with Gasteiger partial charge in [-0.05, 0) is 67.6 Å².